The molecular weight excluding hydrogens is 238 g/mol. The van der Waals surface area contributed by atoms with Crippen molar-refractivity contribution in [1.82, 2.24) is 5.48 Å². The fraction of sp³-hybridized carbons (Fsp3) is 0.833. The number of carbonyl (C=O) groups excluding carboxylic acids is 2. The van der Waals surface area contributed by atoms with Gasteiger partial charge in [-0.2, -0.15) is 0 Å². The third-order valence-corrected chi connectivity index (χ3v) is 2.06. The fourth-order valence-corrected chi connectivity index (χ4v) is 1.33. The van der Waals surface area contributed by atoms with E-state index in [1.54, 1.807) is 6.92 Å². The van der Waals surface area contributed by atoms with Gasteiger partial charge in [0.2, 0.25) is 0 Å². The largest absolute Gasteiger partial charge is 0.465 e. The fourth-order valence-electron chi connectivity index (χ4n) is 1.33. The van der Waals surface area contributed by atoms with Crippen molar-refractivity contribution in [1.29, 1.82) is 0 Å². The lowest BCUT2D eigenvalue weighted by molar-refractivity contribution is -0.162. The summed E-state index contributed by atoms with van der Waals surface area (Å²) in [4.78, 5) is 27.5. The maximum Gasteiger partial charge on any atom is 0.327 e. The summed E-state index contributed by atoms with van der Waals surface area (Å²) in [7, 11) is 0. The Hall–Kier alpha value is -1.14. The molecule has 0 aromatic heterocycles. The third kappa shape index (κ3) is 8.03. The number of hydrogen-bond acceptors (Lipinski definition) is 6. The first-order valence-corrected chi connectivity index (χ1v) is 6.16. The Balaban J connectivity index is 4.23. The summed E-state index contributed by atoms with van der Waals surface area (Å²) in [5.74, 6) is -0.804. The van der Waals surface area contributed by atoms with Crippen LogP contribution in [0.15, 0.2) is 0 Å². The van der Waals surface area contributed by atoms with Gasteiger partial charge >= 0.3 is 11.9 Å². The summed E-state index contributed by atoms with van der Waals surface area (Å²) >= 11 is 0. The molecule has 1 unspecified atom stereocenters. The lowest BCUT2D eigenvalue weighted by Gasteiger charge is -2.18. The van der Waals surface area contributed by atoms with Gasteiger partial charge in [0.05, 0.1) is 19.1 Å². The molecule has 0 aromatic carbocycles. The van der Waals surface area contributed by atoms with Gasteiger partial charge < -0.3 is 14.7 Å². The van der Waals surface area contributed by atoms with Crippen molar-refractivity contribution in [3.8, 4) is 0 Å². The predicted octanol–water partition coefficient (Wildman–Crippen LogP) is 0.783. The van der Waals surface area contributed by atoms with Crippen LogP contribution in [0.2, 0.25) is 0 Å². The topological polar surface area (TPSA) is 84.9 Å². The zero-order valence-corrected chi connectivity index (χ0v) is 11.4. The van der Waals surface area contributed by atoms with Gasteiger partial charge in [-0.05, 0) is 26.2 Å². The number of nitrogens with one attached hydrogen (secondary N) is 1. The van der Waals surface area contributed by atoms with Crippen LogP contribution in [0, 0.1) is 5.92 Å². The Kier molecular flexibility index (Phi) is 8.32. The molecule has 0 radical (unpaired) electrons. The van der Waals surface area contributed by atoms with Crippen molar-refractivity contribution in [2.75, 3.05) is 6.61 Å². The van der Waals surface area contributed by atoms with Gasteiger partial charge in [0.25, 0.3) is 0 Å². The average Bonchev–Trinajstić information content (AvgIpc) is 2.22. The summed E-state index contributed by atoms with van der Waals surface area (Å²) < 4.78 is 4.88. The zero-order chi connectivity index (χ0) is 14.1. The number of rotatable bonds is 8. The van der Waals surface area contributed by atoms with E-state index in [1.807, 2.05) is 13.8 Å². The minimum Gasteiger partial charge on any atom is -0.465 e. The van der Waals surface area contributed by atoms with Gasteiger partial charge in [-0.25, -0.2) is 0 Å². The molecule has 0 bridgehead atoms. The number of hydroxylamine groups is 1. The summed E-state index contributed by atoms with van der Waals surface area (Å²) in [5.41, 5.74) is 2.41. The Morgan fingerprint density at radius 1 is 1.28 bits per heavy atom. The highest BCUT2D eigenvalue weighted by atomic mass is 16.7. The predicted molar refractivity (Wildman–Crippen MR) is 65.4 cm³/mol. The Bertz CT molecular complexity index is 265. The third-order valence-electron chi connectivity index (χ3n) is 2.06. The van der Waals surface area contributed by atoms with Crippen LogP contribution >= 0.6 is 0 Å². The van der Waals surface area contributed by atoms with E-state index < -0.39 is 24.1 Å². The highest BCUT2D eigenvalue weighted by Crippen LogP contribution is 2.07. The normalized spacial score (nSPS) is 14.1. The first-order valence-electron chi connectivity index (χ1n) is 6.16. The molecule has 0 aliphatic carbocycles. The smallest absolute Gasteiger partial charge is 0.327 e. The van der Waals surface area contributed by atoms with E-state index in [4.69, 9.17) is 14.7 Å². The average molecular weight is 261 g/mol. The van der Waals surface area contributed by atoms with Gasteiger partial charge in [0, 0.05) is 0 Å². The number of aliphatic hydroxyl groups excluding tert-OH is 1. The van der Waals surface area contributed by atoms with Crippen molar-refractivity contribution in [3.63, 3.8) is 0 Å². The highest BCUT2D eigenvalue weighted by Gasteiger charge is 2.22. The van der Waals surface area contributed by atoms with Crippen molar-refractivity contribution in [3.05, 3.63) is 0 Å². The number of ether oxygens (including phenoxy) is 1. The van der Waals surface area contributed by atoms with Crippen LogP contribution in [0.4, 0.5) is 0 Å². The van der Waals surface area contributed by atoms with E-state index >= 15 is 0 Å². The molecule has 0 aliphatic heterocycles. The van der Waals surface area contributed by atoms with Crippen molar-refractivity contribution < 1.29 is 24.3 Å². The highest BCUT2D eigenvalue weighted by molar-refractivity contribution is 5.76. The molecule has 0 aliphatic rings. The van der Waals surface area contributed by atoms with Crippen LogP contribution in [0.25, 0.3) is 0 Å². The molecule has 0 amide bonds. The summed E-state index contributed by atoms with van der Waals surface area (Å²) in [5, 5.41) is 9.01. The second kappa shape index (κ2) is 8.88. The first kappa shape index (κ1) is 16.9. The van der Waals surface area contributed by atoms with E-state index in [0.717, 1.165) is 0 Å². The summed E-state index contributed by atoms with van der Waals surface area (Å²) in [6.07, 6.45) is -0.393. The van der Waals surface area contributed by atoms with Crippen LogP contribution in [-0.2, 0) is 19.2 Å². The molecule has 0 aromatic rings. The Morgan fingerprint density at radius 3 is 2.33 bits per heavy atom. The van der Waals surface area contributed by atoms with Gasteiger partial charge in [0.15, 0.2) is 0 Å². The van der Waals surface area contributed by atoms with E-state index in [-0.39, 0.29) is 18.9 Å². The van der Waals surface area contributed by atoms with E-state index in [9.17, 15) is 9.59 Å². The molecule has 0 saturated carbocycles. The minimum atomic E-state index is -0.773. The number of aliphatic hydroxyl groups is 1. The zero-order valence-electron chi connectivity index (χ0n) is 11.4. The Labute approximate surface area is 108 Å². The SMILES string of the molecule is CCOC(=O)[C@H](CC(C)C)NOC(=O)CC(C)O. The molecule has 0 spiro atoms. The monoisotopic (exact) mass is 261 g/mol. The van der Waals surface area contributed by atoms with Gasteiger partial charge in [-0.1, -0.05) is 13.8 Å². The molecule has 0 fully saturated rings. The maximum absolute atomic E-state index is 11.6. The van der Waals surface area contributed by atoms with E-state index in [1.165, 1.54) is 6.92 Å². The molecule has 0 saturated heterocycles. The Morgan fingerprint density at radius 2 is 1.89 bits per heavy atom. The maximum atomic E-state index is 11.6. The molecule has 106 valence electrons. The van der Waals surface area contributed by atoms with Gasteiger partial charge in [0.1, 0.15) is 6.04 Å². The van der Waals surface area contributed by atoms with Crippen molar-refractivity contribution >= 4 is 11.9 Å². The molecule has 0 rings (SSSR count). The van der Waals surface area contributed by atoms with Crippen molar-refractivity contribution in [2.45, 2.75) is 52.7 Å². The molecule has 0 heterocycles. The van der Waals surface area contributed by atoms with Crippen LogP contribution in [0.1, 0.15) is 40.5 Å². The number of hydrogen-bond donors (Lipinski definition) is 2. The quantitative estimate of drug-likeness (QED) is 0.496. The van der Waals surface area contributed by atoms with Crippen LogP contribution < -0.4 is 5.48 Å². The van der Waals surface area contributed by atoms with Gasteiger partial charge in [-0.3, -0.25) is 9.59 Å². The molecule has 6 heteroatoms. The molecule has 18 heavy (non-hydrogen) atoms. The van der Waals surface area contributed by atoms with Crippen molar-refractivity contribution in [2.24, 2.45) is 5.92 Å². The second-order valence-electron chi connectivity index (χ2n) is 4.58. The lowest BCUT2D eigenvalue weighted by Crippen LogP contribution is -2.40. The van der Waals surface area contributed by atoms with Crippen LogP contribution in [0.5, 0.6) is 0 Å². The first-order chi connectivity index (χ1) is 8.36. The van der Waals surface area contributed by atoms with Gasteiger partial charge in [-0.15, -0.1) is 5.48 Å². The molecular formula is C12H23NO5. The molecule has 2 atom stereocenters. The van der Waals surface area contributed by atoms with Crippen LogP contribution in [0.3, 0.4) is 0 Å². The second-order valence-corrected chi connectivity index (χ2v) is 4.58. The van der Waals surface area contributed by atoms with E-state index in [0.29, 0.717) is 6.42 Å². The summed E-state index contributed by atoms with van der Waals surface area (Å²) in [6.45, 7) is 7.37. The number of carbonyl (C=O) groups is 2. The summed E-state index contributed by atoms with van der Waals surface area (Å²) in [6, 6.07) is -0.678. The standard InChI is InChI=1S/C12H23NO5/c1-5-17-12(16)10(6-8(2)3)13-18-11(15)7-9(4)14/h8-10,13-14H,5-7H2,1-4H3/t9?,10-/m0/s1. The van der Waals surface area contributed by atoms with Crippen LogP contribution in [-0.4, -0.2) is 35.8 Å². The minimum absolute atomic E-state index is 0.121. The number of esters is 1. The lowest BCUT2D eigenvalue weighted by atomic mass is 10.0. The molecule has 6 nitrogen and oxygen atoms in total. The van der Waals surface area contributed by atoms with E-state index in [2.05, 4.69) is 5.48 Å². The molecule has 2 N–H and O–H groups in total.